The van der Waals surface area contributed by atoms with Crippen LogP contribution in [0, 0.1) is 5.92 Å². The summed E-state index contributed by atoms with van der Waals surface area (Å²) in [6, 6.07) is 0. The van der Waals surface area contributed by atoms with E-state index in [1.165, 1.54) is 0 Å². The van der Waals surface area contributed by atoms with Gasteiger partial charge in [-0.15, -0.1) is 0 Å². The van der Waals surface area contributed by atoms with Crippen LogP contribution in [0.25, 0.3) is 0 Å². The highest BCUT2D eigenvalue weighted by atomic mass is 16.5. The van der Waals surface area contributed by atoms with Crippen LogP contribution in [0.5, 0.6) is 0 Å². The molecule has 1 saturated heterocycles. The van der Waals surface area contributed by atoms with E-state index in [0.29, 0.717) is 25.5 Å². The molecule has 0 aromatic rings. The van der Waals surface area contributed by atoms with Crippen LogP contribution in [-0.2, 0) is 19.0 Å². The van der Waals surface area contributed by atoms with Crippen molar-refractivity contribution in [3.05, 3.63) is 0 Å². The quantitative estimate of drug-likeness (QED) is 0.255. The first-order valence-electron chi connectivity index (χ1n) is 9.01. The van der Waals surface area contributed by atoms with Crippen molar-refractivity contribution in [1.82, 2.24) is 10.6 Å². The SMILES string of the molecule is CCOC(=O)CCCNC(=NC)NCCCOCC1CCOCC1. The molecule has 1 aliphatic heterocycles. The highest BCUT2D eigenvalue weighted by molar-refractivity contribution is 5.79. The predicted octanol–water partition coefficient (Wildman–Crippen LogP) is 1.33. The fourth-order valence-electron chi connectivity index (χ4n) is 2.44. The molecule has 140 valence electrons. The fourth-order valence-corrected chi connectivity index (χ4v) is 2.44. The van der Waals surface area contributed by atoms with Gasteiger partial charge in [0.2, 0.25) is 0 Å². The van der Waals surface area contributed by atoms with Crippen LogP contribution >= 0.6 is 0 Å². The number of rotatable bonds is 11. The number of nitrogens with one attached hydrogen (secondary N) is 2. The zero-order chi connectivity index (χ0) is 17.5. The van der Waals surface area contributed by atoms with Crippen molar-refractivity contribution < 1.29 is 19.0 Å². The molecule has 0 spiro atoms. The molecule has 1 fully saturated rings. The first-order valence-corrected chi connectivity index (χ1v) is 9.01. The lowest BCUT2D eigenvalue weighted by Crippen LogP contribution is -2.38. The van der Waals surface area contributed by atoms with Gasteiger partial charge in [-0.2, -0.15) is 0 Å². The minimum Gasteiger partial charge on any atom is -0.466 e. The van der Waals surface area contributed by atoms with Gasteiger partial charge in [0.05, 0.1) is 6.61 Å². The number of carbonyl (C=O) groups is 1. The maximum Gasteiger partial charge on any atom is 0.305 e. The van der Waals surface area contributed by atoms with Gasteiger partial charge in [0.25, 0.3) is 0 Å². The van der Waals surface area contributed by atoms with Gasteiger partial charge in [0.15, 0.2) is 5.96 Å². The highest BCUT2D eigenvalue weighted by Crippen LogP contribution is 2.14. The molecule has 0 amide bonds. The highest BCUT2D eigenvalue weighted by Gasteiger charge is 2.13. The van der Waals surface area contributed by atoms with E-state index in [4.69, 9.17) is 14.2 Å². The van der Waals surface area contributed by atoms with Crippen molar-refractivity contribution in [1.29, 1.82) is 0 Å². The number of hydrogen-bond donors (Lipinski definition) is 2. The molecule has 0 bridgehead atoms. The van der Waals surface area contributed by atoms with Crippen LogP contribution in [-0.4, -0.2) is 65.1 Å². The van der Waals surface area contributed by atoms with Gasteiger partial charge < -0.3 is 24.8 Å². The van der Waals surface area contributed by atoms with E-state index in [9.17, 15) is 4.79 Å². The Bertz CT molecular complexity index is 358. The summed E-state index contributed by atoms with van der Waals surface area (Å²) in [7, 11) is 1.74. The molecular formula is C17H33N3O4. The van der Waals surface area contributed by atoms with Gasteiger partial charge in [-0.1, -0.05) is 0 Å². The molecule has 0 aliphatic carbocycles. The molecule has 0 atom stereocenters. The number of nitrogens with zero attached hydrogens (tertiary/aromatic N) is 1. The Morgan fingerprint density at radius 3 is 2.58 bits per heavy atom. The van der Waals surface area contributed by atoms with Gasteiger partial charge in [-0.05, 0) is 38.5 Å². The van der Waals surface area contributed by atoms with Crippen molar-refractivity contribution in [2.75, 3.05) is 53.2 Å². The standard InChI is InChI=1S/C17H33N3O4/c1-3-24-16(21)6-4-9-19-17(18-2)20-10-5-11-23-14-15-7-12-22-13-8-15/h15H,3-14H2,1-2H3,(H2,18,19,20). The summed E-state index contributed by atoms with van der Waals surface area (Å²) in [5.41, 5.74) is 0. The molecule has 0 unspecified atom stereocenters. The van der Waals surface area contributed by atoms with Crippen molar-refractivity contribution in [2.45, 2.75) is 39.0 Å². The van der Waals surface area contributed by atoms with E-state index in [1.54, 1.807) is 7.05 Å². The average Bonchev–Trinajstić information content (AvgIpc) is 2.60. The maximum atomic E-state index is 11.2. The summed E-state index contributed by atoms with van der Waals surface area (Å²) in [4.78, 5) is 15.4. The molecule has 1 rings (SSSR count). The van der Waals surface area contributed by atoms with Gasteiger partial charge in [0.1, 0.15) is 0 Å². The Labute approximate surface area is 145 Å². The molecule has 0 aromatic carbocycles. The number of carbonyl (C=O) groups excluding carboxylic acids is 1. The number of guanidine groups is 1. The minimum atomic E-state index is -0.149. The molecule has 7 heteroatoms. The second-order valence-corrected chi connectivity index (χ2v) is 5.82. The Hall–Kier alpha value is -1.34. The normalized spacial score (nSPS) is 16.0. The molecule has 1 aliphatic rings. The van der Waals surface area contributed by atoms with Crippen LogP contribution in [0.3, 0.4) is 0 Å². The van der Waals surface area contributed by atoms with E-state index in [1.807, 2.05) is 6.92 Å². The van der Waals surface area contributed by atoms with Crippen molar-refractivity contribution in [3.63, 3.8) is 0 Å². The molecule has 24 heavy (non-hydrogen) atoms. The van der Waals surface area contributed by atoms with Crippen molar-refractivity contribution in [3.8, 4) is 0 Å². The summed E-state index contributed by atoms with van der Waals surface area (Å²) in [5, 5.41) is 6.43. The Morgan fingerprint density at radius 1 is 1.21 bits per heavy atom. The molecule has 0 aromatic heterocycles. The van der Waals surface area contributed by atoms with Crippen LogP contribution in [0.2, 0.25) is 0 Å². The van der Waals surface area contributed by atoms with Gasteiger partial charge in [0, 0.05) is 53.0 Å². The van der Waals surface area contributed by atoms with E-state index >= 15 is 0 Å². The van der Waals surface area contributed by atoms with Crippen LogP contribution in [0.15, 0.2) is 4.99 Å². The molecule has 1 heterocycles. The summed E-state index contributed by atoms with van der Waals surface area (Å²) < 4.78 is 16.0. The third-order valence-corrected chi connectivity index (χ3v) is 3.83. The lowest BCUT2D eigenvalue weighted by atomic mass is 10.0. The van der Waals surface area contributed by atoms with Crippen molar-refractivity contribution in [2.24, 2.45) is 10.9 Å². The fraction of sp³-hybridized carbons (Fsp3) is 0.882. The molecule has 2 N–H and O–H groups in total. The lowest BCUT2D eigenvalue weighted by Gasteiger charge is -2.21. The predicted molar refractivity (Wildman–Crippen MR) is 94.2 cm³/mol. The third kappa shape index (κ3) is 10.4. The van der Waals surface area contributed by atoms with Crippen LogP contribution in [0.4, 0.5) is 0 Å². The summed E-state index contributed by atoms with van der Waals surface area (Å²) >= 11 is 0. The van der Waals surface area contributed by atoms with E-state index in [0.717, 1.165) is 64.6 Å². The third-order valence-electron chi connectivity index (χ3n) is 3.83. The largest absolute Gasteiger partial charge is 0.466 e. The van der Waals surface area contributed by atoms with E-state index < -0.39 is 0 Å². The second-order valence-electron chi connectivity index (χ2n) is 5.82. The molecule has 7 nitrogen and oxygen atoms in total. The number of hydrogen-bond acceptors (Lipinski definition) is 5. The number of aliphatic imine (C=N–C) groups is 1. The van der Waals surface area contributed by atoms with E-state index in [-0.39, 0.29) is 5.97 Å². The first-order chi connectivity index (χ1) is 11.8. The first kappa shape index (κ1) is 20.7. The van der Waals surface area contributed by atoms with Crippen molar-refractivity contribution >= 4 is 11.9 Å². The smallest absolute Gasteiger partial charge is 0.305 e. The Morgan fingerprint density at radius 2 is 1.92 bits per heavy atom. The zero-order valence-electron chi connectivity index (χ0n) is 15.1. The molecule has 0 saturated carbocycles. The average molecular weight is 343 g/mol. The maximum absolute atomic E-state index is 11.2. The van der Waals surface area contributed by atoms with E-state index in [2.05, 4.69) is 15.6 Å². The number of ether oxygens (including phenoxy) is 3. The number of esters is 1. The second kappa shape index (κ2) is 14.0. The topological polar surface area (TPSA) is 81.2 Å². The lowest BCUT2D eigenvalue weighted by molar-refractivity contribution is -0.143. The minimum absolute atomic E-state index is 0.149. The van der Waals surface area contributed by atoms with Crippen LogP contribution < -0.4 is 10.6 Å². The summed E-state index contributed by atoms with van der Waals surface area (Å²) in [6.07, 6.45) is 4.32. The van der Waals surface area contributed by atoms with Gasteiger partial charge >= 0.3 is 5.97 Å². The Balaban J connectivity index is 1.94. The monoisotopic (exact) mass is 343 g/mol. The zero-order valence-corrected chi connectivity index (χ0v) is 15.1. The van der Waals surface area contributed by atoms with Crippen LogP contribution in [0.1, 0.15) is 39.0 Å². The summed E-state index contributed by atoms with van der Waals surface area (Å²) in [5.74, 6) is 1.26. The molecular weight excluding hydrogens is 310 g/mol. The van der Waals surface area contributed by atoms with Gasteiger partial charge in [-0.25, -0.2) is 0 Å². The van der Waals surface area contributed by atoms with Gasteiger partial charge in [-0.3, -0.25) is 9.79 Å². The molecule has 0 radical (unpaired) electrons. The Kier molecular flexibility index (Phi) is 12.1. The summed E-state index contributed by atoms with van der Waals surface area (Å²) in [6.45, 7) is 7.08.